The van der Waals surface area contributed by atoms with Gasteiger partial charge in [0, 0.05) is 42.7 Å². The Labute approximate surface area is 134 Å². The van der Waals surface area contributed by atoms with E-state index in [0.717, 1.165) is 30.9 Å². The molecular formula is C15H22N6S. The van der Waals surface area contributed by atoms with Gasteiger partial charge in [-0.25, -0.2) is 15.4 Å². The van der Waals surface area contributed by atoms with Crippen molar-refractivity contribution in [2.24, 2.45) is 5.73 Å². The molecule has 2 aromatic rings. The Morgan fingerprint density at radius 1 is 1.41 bits per heavy atom. The van der Waals surface area contributed by atoms with Gasteiger partial charge in [0.15, 0.2) is 0 Å². The van der Waals surface area contributed by atoms with Gasteiger partial charge in [-0.15, -0.1) is 11.3 Å². The van der Waals surface area contributed by atoms with Gasteiger partial charge in [-0.05, 0) is 24.4 Å². The number of anilines is 1. The van der Waals surface area contributed by atoms with E-state index < -0.39 is 0 Å². The second-order valence-electron chi connectivity index (χ2n) is 5.58. The zero-order valence-electron chi connectivity index (χ0n) is 12.7. The minimum absolute atomic E-state index is 0.394. The number of rotatable bonds is 6. The lowest BCUT2D eigenvalue weighted by molar-refractivity contribution is 0.541. The van der Waals surface area contributed by atoms with Gasteiger partial charge in [-0.3, -0.25) is 5.43 Å². The number of nitrogens with zero attached hydrogens (tertiary/aromatic N) is 3. The number of nitrogens with two attached hydrogens (primary N) is 1. The summed E-state index contributed by atoms with van der Waals surface area (Å²) in [5.74, 6) is 0.944. The molecule has 0 bridgehead atoms. The summed E-state index contributed by atoms with van der Waals surface area (Å²) in [6.07, 6.45) is 3.48. The fraction of sp³-hybridized carbons (Fsp3) is 0.467. The van der Waals surface area contributed by atoms with Gasteiger partial charge < -0.3 is 10.6 Å². The normalized spacial score (nSPS) is 21.2. The Kier molecular flexibility index (Phi) is 4.99. The Morgan fingerprint density at radius 2 is 2.32 bits per heavy atom. The number of likely N-dealkylation sites (N-methyl/N-ethyl adjacent to an activating group) is 1. The van der Waals surface area contributed by atoms with Gasteiger partial charge in [0.2, 0.25) is 0 Å². The predicted octanol–water partition coefficient (Wildman–Crippen LogP) is 1.08. The topological polar surface area (TPSA) is 79.1 Å². The van der Waals surface area contributed by atoms with Crippen LogP contribution in [-0.4, -0.2) is 36.1 Å². The molecule has 1 aliphatic rings. The summed E-state index contributed by atoms with van der Waals surface area (Å²) in [5, 5.41) is 2.12. The van der Waals surface area contributed by atoms with E-state index in [1.807, 2.05) is 6.07 Å². The molecule has 1 aliphatic heterocycles. The maximum atomic E-state index is 5.59. The van der Waals surface area contributed by atoms with Crippen LogP contribution in [0.3, 0.4) is 0 Å². The first-order valence-corrected chi connectivity index (χ1v) is 8.41. The van der Waals surface area contributed by atoms with E-state index in [2.05, 4.69) is 50.3 Å². The van der Waals surface area contributed by atoms with E-state index >= 15 is 0 Å². The molecule has 6 nitrogen and oxygen atoms in total. The fourth-order valence-electron chi connectivity index (χ4n) is 2.72. The number of nitrogens with one attached hydrogen (secondary N) is 2. The first kappa shape index (κ1) is 15.4. The van der Waals surface area contributed by atoms with Crippen LogP contribution in [0.25, 0.3) is 0 Å². The molecule has 1 fully saturated rings. The molecule has 118 valence electrons. The molecule has 2 unspecified atom stereocenters. The van der Waals surface area contributed by atoms with E-state index in [4.69, 9.17) is 5.73 Å². The highest BCUT2D eigenvalue weighted by atomic mass is 32.1. The molecule has 1 saturated heterocycles. The van der Waals surface area contributed by atoms with Crippen molar-refractivity contribution in [1.82, 2.24) is 20.8 Å². The first-order valence-electron chi connectivity index (χ1n) is 7.53. The highest BCUT2D eigenvalue weighted by molar-refractivity contribution is 7.10. The molecule has 3 heterocycles. The van der Waals surface area contributed by atoms with Crippen molar-refractivity contribution < 1.29 is 0 Å². The van der Waals surface area contributed by atoms with Crippen LogP contribution in [0, 0.1) is 0 Å². The monoisotopic (exact) mass is 318 g/mol. The lowest BCUT2D eigenvalue weighted by Crippen LogP contribution is -2.39. The maximum Gasteiger partial charge on any atom is 0.131 e. The van der Waals surface area contributed by atoms with Gasteiger partial charge in [-0.1, -0.05) is 6.07 Å². The van der Waals surface area contributed by atoms with Crippen molar-refractivity contribution in [1.29, 1.82) is 0 Å². The van der Waals surface area contributed by atoms with E-state index in [0.29, 0.717) is 18.6 Å². The molecule has 2 atom stereocenters. The third-order valence-corrected chi connectivity index (χ3v) is 4.85. The van der Waals surface area contributed by atoms with Crippen LogP contribution in [0.1, 0.15) is 23.0 Å². The molecule has 0 aliphatic carbocycles. The minimum Gasteiger partial charge on any atom is -0.358 e. The van der Waals surface area contributed by atoms with Gasteiger partial charge in [0.25, 0.3) is 0 Å². The van der Waals surface area contributed by atoms with Gasteiger partial charge in [-0.2, -0.15) is 0 Å². The minimum atomic E-state index is 0.394. The van der Waals surface area contributed by atoms with Crippen molar-refractivity contribution in [2.45, 2.75) is 24.9 Å². The van der Waals surface area contributed by atoms with Crippen molar-refractivity contribution in [3.8, 4) is 0 Å². The molecule has 22 heavy (non-hydrogen) atoms. The van der Waals surface area contributed by atoms with Gasteiger partial charge >= 0.3 is 0 Å². The second-order valence-corrected chi connectivity index (χ2v) is 6.56. The van der Waals surface area contributed by atoms with Crippen LogP contribution in [0.15, 0.2) is 29.9 Å². The molecule has 2 aromatic heterocycles. The van der Waals surface area contributed by atoms with Gasteiger partial charge in [0.05, 0.1) is 6.04 Å². The number of hydrogen-bond donors (Lipinski definition) is 3. The lowest BCUT2D eigenvalue weighted by Gasteiger charge is -2.22. The average Bonchev–Trinajstić information content (AvgIpc) is 3.18. The van der Waals surface area contributed by atoms with Crippen LogP contribution in [-0.2, 0) is 6.42 Å². The summed E-state index contributed by atoms with van der Waals surface area (Å²) in [6.45, 7) is 1.50. The molecule has 4 N–H and O–H groups in total. The summed E-state index contributed by atoms with van der Waals surface area (Å²) in [7, 11) is 2.06. The molecule has 7 heteroatoms. The Bertz CT molecular complexity index is 587. The smallest absolute Gasteiger partial charge is 0.131 e. The van der Waals surface area contributed by atoms with Crippen LogP contribution in [0.2, 0.25) is 0 Å². The summed E-state index contributed by atoms with van der Waals surface area (Å²) < 4.78 is 0. The molecular weight excluding hydrogens is 296 g/mol. The Balaban J connectivity index is 1.58. The average molecular weight is 318 g/mol. The molecule has 0 aromatic carbocycles. The van der Waals surface area contributed by atoms with Crippen molar-refractivity contribution in [3.63, 3.8) is 0 Å². The van der Waals surface area contributed by atoms with E-state index in [1.165, 1.54) is 4.88 Å². The van der Waals surface area contributed by atoms with Crippen molar-refractivity contribution in [2.75, 3.05) is 25.0 Å². The van der Waals surface area contributed by atoms with Crippen LogP contribution in [0.5, 0.6) is 0 Å². The first-order chi connectivity index (χ1) is 10.8. The summed E-state index contributed by atoms with van der Waals surface area (Å²) in [6, 6.07) is 7.09. The third kappa shape index (κ3) is 3.61. The van der Waals surface area contributed by atoms with Crippen molar-refractivity contribution in [3.05, 3.63) is 40.5 Å². The summed E-state index contributed by atoms with van der Waals surface area (Å²) >= 11 is 1.80. The molecule has 0 saturated carbocycles. The summed E-state index contributed by atoms with van der Waals surface area (Å²) in [5.41, 5.74) is 13.4. The zero-order chi connectivity index (χ0) is 15.4. The highest BCUT2D eigenvalue weighted by Crippen LogP contribution is 2.26. The van der Waals surface area contributed by atoms with Gasteiger partial charge in [0.1, 0.15) is 12.1 Å². The SMILES string of the molecule is CN(CC1CC(c2cccs2)NN1)c1cc(CCN)ncn1. The largest absolute Gasteiger partial charge is 0.358 e. The Hall–Kier alpha value is -1.54. The maximum absolute atomic E-state index is 5.59. The van der Waals surface area contributed by atoms with Crippen LogP contribution < -0.4 is 21.5 Å². The number of hydrogen-bond acceptors (Lipinski definition) is 7. The van der Waals surface area contributed by atoms with E-state index in [-0.39, 0.29) is 0 Å². The molecule has 0 spiro atoms. The zero-order valence-corrected chi connectivity index (χ0v) is 13.5. The number of aromatic nitrogens is 2. The molecule has 0 amide bonds. The number of thiophene rings is 1. The number of hydrazine groups is 1. The highest BCUT2D eigenvalue weighted by Gasteiger charge is 2.26. The Morgan fingerprint density at radius 3 is 3.09 bits per heavy atom. The summed E-state index contributed by atoms with van der Waals surface area (Å²) in [4.78, 5) is 12.1. The fourth-order valence-corrected chi connectivity index (χ4v) is 3.51. The predicted molar refractivity (Wildman–Crippen MR) is 89.8 cm³/mol. The molecule has 0 radical (unpaired) electrons. The van der Waals surface area contributed by atoms with Crippen molar-refractivity contribution >= 4 is 17.2 Å². The van der Waals surface area contributed by atoms with Crippen LogP contribution in [0.4, 0.5) is 5.82 Å². The standard InChI is InChI=1S/C15H22N6S/c1-21(15-8-11(4-5-16)17-10-18-15)9-12-7-13(20-19-12)14-3-2-6-22-14/h2-3,6,8,10,12-13,19-20H,4-5,7,9,16H2,1H3. The van der Waals surface area contributed by atoms with Crippen LogP contribution >= 0.6 is 11.3 Å². The van der Waals surface area contributed by atoms with E-state index in [9.17, 15) is 0 Å². The quantitative estimate of drug-likeness (QED) is 0.740. The third-order valence-electron chi connectivity index (χ3n) is 3.86. The van der Waals surface area contributed by atoms with E-state index in [1.54, 1.807) is 17.7 Å². The second kappa shape index (κ2) is 7.15. The lowest BCUT2D eigenvalue weighted by atomic mass is 10.1. The molecule has 3 rings (SSSR count).